The van der Waals surface area contributed by atoms with Crippen LogP contribution in [-0.2, 0) is 0 Å². The third-order valence-electron chi connectivity index (χ3n) is 3.07. The molecule has 0 radical (unpaired) electrons. The third kappa shape index (κ3) is 1.94. The second-order valence-electron chi connectivity index (χ2n) is 4.38. The van der Waals surface area contributed by atoms with E-state index in [9.17, 15) is 0 Å². The molecule has 72 valence electrons. The summed E-state index contributed by atoms with van der Waals surface area (Å²) in [5, 5.41) is 3.93. The Labute approximate surface area is 80.9 Å². The first kappa shape index (κ1) is 10.3. The van der Waals surface area contributed by atoms with Gasteiger partial charge in [-0.1, -0.05) is 27.2 Å². The van der Waals surface area contributed by atoms with Gasteiger partial charge >= 0.3 is 0 Å². The van der Waals surface area contributed by atoms with Gasteiger partial charge in [0, 0.05) is 11.4 Å². The predicted molar refractivity (Wildman–Crippen MR) is 54.7 cm³/mol. The molecule has 1 aliphatic rings. The molecule has 1 fully saturated rings. The minimum Gasteiger partial charge on any atom is -0.313 e. The van der Waals surface area contributed by atoms with Gasteiger partial charge in [0.2, 0.25) is 0 Å². The first-order chi connectivity index (χ1) is 5.59. The van der Waals surface area contributed by atoms with Crippen molar-refractivity contribution in [1.82, 2.24) is 5.32 Å². The van der Waals surface area contributed by atoms with Crippen LogP contribution in [0.15, 0.2) is 0 Å². The minimum absolute atomic E-state index is 0.301. The zero-order valence-corrected chi connectivity index (χ0v) is 9.12. The Morgan fingerprint density at radius 2 is 2.17 bits per heavy atom. The predicted octanol–water partition coefficient (Wildman–Crippen LogP) is 2.78. The van der Waals surface area contributed by atoms with E-state index in [4.69, 9.17) is 11.6 Å². The molecule has 0 aromatic rings. The summed E-state index contributed by atoms with van der Waals surface area (Å²) in [5.74, 6) is 0. The van der Waals surface area contributed by atoms with E-state index in [0.29, 0.717) is 16.8 Å². The average molecular weight is 190 g/mol. The molecule has 0 heterocycles. The Kier molecular flexibility index (Phi) is 3.42. The topological polar surface area (TPSA) is 12.0 Å². The SMILES string of the molecule is CCCCNC1CC(Cl)C1(C)C. The molecular formula is C10H20ClN. The van der Waals surface area contributed by atoms with Crippen molar-refractivity contribution < 1.29 is 0 Å². The summed E-state index contributed by atoms with van der Waals surface area (Å²) in [6.45, 7) is 7.86. The van der Waals surface area contributed by atoms with Crippen molar-refractivity contribution in [1.29, 1.82) is 0 Å². The van der Waals surface area contributed by atoms with Gasteiger partial charge in [-0.25, -0.2) is 0 Å². The first-order valence-corrected chi connectivity index (χ1v) is 5.40. The zero-order chi connectivity index (χ0) is 9.19. The van der Waals surface area contributed by atoms with E-state index in [1.54, 1.807) is 0 Å². The van der Waals surface area contributed by atoms with Gasteiger partial charge in [0.25, 0.3) is 0 Å². The summed E-state index contributed by atoms with van der Waals surface area (Å²) in [6.07, 6.45) is 3.68. The Bertz CT molecular complexity index is 145. The Morgan fingerprint density at radius 1 is 1.50 bits per heavy atom. The molecule has 1 aliphatic carbocycles. The Morgan fingerprint density at radius 3 is 2.58 bits per heavy atom. The van der Waals surface area contributed by atoms with Crippen molar-refractivity contribution in [2.45, 2.75) is 51.5 Å². The quantitative estimate of drug-likeness (QED) is 0.530. The molecule has 0 saturated heterocycles. The van der Waals surface area contributed by atoms with Crippen LogP contribution in [0, 0.1) is 5.41 Å². The molecule has 1 saturated carbocycles. The van der Waals surface area contributed by atoms with Gasteiger partial charge in [0.1, 0.15) is 0 Å². The van der Waals surface area contributed by atoms with Gasteiger partial charge in [-0.2, -0.15) is 0 Å². The molecule has 12 heavy (non-hydrogen) atoms. The number of hydrogen-bond acceptors (Lipinski definition) is 1. The Balaban J connectivity index is 2.19. The lowest BCUT2D eigenvalue weighted by Crippen LogP contribution is -2.57. The van der Waals surface area contributed by atoms with Crippen molar-refractivity contribution in [3.05, 3.63) is 0 Å². The normalized spacial score (nSPS) is 33.0. The lowest BCUT2D eigenvalue weighted by atomic mass is 9.67. The summed E-state index contributed by atoms with van der Waals surface area (Å²) in [5.41, 5.74) is 0.301. The van der Waals surface area contributed by atoms with Gasteiger partial charge in [-0.15, -0.1) is 11.6 Å². The van der Waals surface area contributed by atoms with Crippen molar-refractivity contribution in [2.75, 3.05) is 6.54 Å². The molecule has 0 amide bonds. The smallest absolute Gasteiger partial charge is 0.0416 e. The summed E-state index contributed by atoms with van der Waals surface area (Å²) in [6, 6.07) is 0.645. The van der Waals surface area contributed by atoms with Gasteiger partial charge in [0.15, 0.2) is 0 Å². The largest absolute Gasteiger partial charge is 0.313 e. The lowest BCUT2D eigenvalue weighted by Gasteiger charge is -2.49. The number of alkyl halides is 1. The maximum atomic E-state index is 6.11. The van der Waals surface area contributed by atoms with Crippen molar-refractivity contribution in [3.8, 4) is 0 Å². The van der Waals surface area contributed by atoms with E-state index in [1.165, 1.54) is 12.8 Å². The van der Waals surface area contributed by atoms with E-state index in [-0.39, 0.29) is 0 Å². The molecule has 2 unspecified atom stereocenters. The molecule has 1 nitrogen and oxygen atoms in total. The Hall–Kier alpha value is 0.250. The molecule has 0 spiro atoms. The highest BCUT2D eigenvalue weighted by Gasteiger charge is 2.46. The molecule has 0 aliphatic heterocycles. The number of unbranched alkanes of at least 4 members (excludes halogenated alkanes) is 1. The fourth-order valence-corrected chi connectivity index (χ4v) is 2.00. The van der Waals surface area contributed by atoms with Crippen molar-refractivity contribution in [3.63, 3.8) is 0 Å². The van der Waals surface area contributed by atoms with Crippen LogP contribution in [0.1, 0.15) is 40.0 Å². The number of hydrogen-bond donors (Lipinski definition) is 1. The van der Waals surface area contributed by atoms with E-state index >= 15 is 0 Å². The average Bonchev–Trinajstić information content (AvgIpc) is 2.04. The van der Waals surface area contributed by atoms with Gasteiger partial charge in [-0.05, 0) is 24.8 Å². The monoisotopic (exact) mass is 189 g/mol. The van der Waals surface area contributed by atoms with E-state index in [0.717, 1.165) is 13.0 Å². The number of nitrogens with one attached hydrogen (secondary N) is 1. The van der Waals surface area contributed by atoms with Crippen molar-refractivity contribution in [2.24, 2.45) is 5.41 Å². The van der Waals surface area contributed by atoms with Crippen molar-refractivity contribution >= 4 is 11.6 Å². The van der Waals surface area contributed by atoms with Crippen LogP contribution in [0.4, 0.5) is 0 Å². The maximum Gasteiger partial charge on any atom is 0.0416 e. The molecule has 2 atom stereocenters. The maximum absolute atomic E-state index is 6.11. The molecular weight excluding hydrogens is 170 g/mol. The first-order valence-electron chi connectivity index (χ1n) is 4.96. The van der Waals surface area contributed by atoms with Crippen LogP contribution in [0.25, 0.3) is 0 Å². The molecule has 0 bridgehead atoms. The molecule has 2 heteroatoms. The molecule has 1 N–H and O–H groups in total. The molecule has 0 aromatic carbocycles. The standard InChI is InChI=1S/C10H20ClN/c1-4-5-6-12-9-7-8(11)10(9,2)3/h8-9,12H,4-7H2,1-3H3. The lowest BCUT2D eigenvalue weighted by molar-refractivity contribution is 0.117. The van der Waals surface area contributed by atoms with Crippen LogP contribution in [0.3, 0.4) is 0 Å². The highest BCUT2D eigenvalue weighted by Crippen LogP contribution is 2.44. The summed E-state index contributed by atoms with van der Waals surface area (Å²) in [7, 11) is 0. The second kappa shape index (κ2) is 3.97. The fourth-order valence-electron chi connectivity index (χ4n) is 1.67. The highest BCUT2D eigenvalue weighted by molar-refractivity contribution is 6.21. The van der Waals surface area contributed by atoms with Crippen LogP contribution in [0.5, 0.6) is 0 Å². The van der Waals surface area contributed by atoms with E-state index in [2.05, 4.69) is 26.1 Å². The minimum atomic E-state index is 0.301. The van der Waals surface area contributed by atoms with Gasteiger partial charge in [-0.3, -0.25) is 0 Å². The highest BCUT2D eigenvalue weighted by atomic mass is 35.5. The summed E-state index contributed by atoms with van der Waals surface area (Å²) in [4.78, 5) is 0. The molecule has 0 aromatic heterocycles. The number of halogens is 1. The fraction of sp³-hybridized carbons (Fsp3) is 1.00. The zero-order valence-electron chi connectivity index (χ0n) is 8.36. The third-order valence-corrected chi connectivity index (χ3v) is 3.81. The van der Waals surface area contributed by atoms with Gasteiger partial charge in [0.05, 0.1) is 0 Å². The van der Waals surface area contributed by atoms with E-state index < -0.39 is 0 Å². The van der Waals surface area contributed by atoms with Crippen LogP contribution < -0.4 is 5.32 Å². The second-order valence-corrected chi connectivity index (χ2v) is 4.91. The summed E-state index contributed by atoms with van der Waals surface area (Å²) < 4.78 is 0. The van der Waals surface area contributed by atoms with Crippen LogP contribution in [-0.4, -0.2) is 18.0 Å². The van der Waals surface area contributed by atoms with E-state index in [1.807, 2.05) is 0 Å². The van der Waals surface area contributed by atoms with Crippen LogP contribution in [0.2, 0.25) is 0 Å². The molecule has 1 rings (SSSR count). The van der Waals surface area contributed by atoms with Gasteiger partial charge < -0.3 is 5.32 Å². The van der Waals surface area contributed by atoms with Crippen LogP contribution >= 0.6 is 11.6 Å². The summed E-state index contributed by atoms with van der Waals surface area (Å²) >= 11 is 6.11. The number of rotatable bonds is 4.